The van der Waals surface area contributed by atoms with Crippen LogP contribution in [0.25, 0.3) is 5.69 Å². The van der Waals surface area contributed by atoms with Gasteiger partial charge in [-0.2, -0.15) is 5.10 Å². The smallest absolute Gasteiger partial charge is 0.254 e. The standard InChI is InChI=1S/C14H16ClN3O/c1-9(2)13-12(14(19)16-3)8-17-18(13)11-6-4-5-10(15)7-11/h4-9H,1-3H3,(H,16,19). The molecule has 100 valence electrons. The van der Waals surface area contributed by atoms with Crippen LogP contribution in [0.1, 0.15) is 35.8 Å². The highest BCUT2D eigenvalue weighted by Crippen LogP contribution is 2.24. The van der Waals surface area contributed by atoms with Crippen molar-refractivity contribution >= 4 is 17.5 Å². The van der Waals surface area contributed by atoms with Crippen LogP contribution in [0.4, 0.5) is 0 Å². The van der Waals surface area contributed by atoms with Gasteiger partial charge in [0.1, 0.15) is 0 Å². The van der Waals surface area contributed by atoms with Crippen molar-refractivity contribution in [2.75, 3.05) is 7.05 Å². The van der Waals surface area contributed by atoms with E-state index in [2.05, 4.69) is 10.4 Å². The number of rotatable bonds is 3. The Labute approximate surface area is 117 Å². The maximum atomic E-state index is 11.9. The van der Waals surface area contributed by atoms with Crippen molar-refractivity contribution in [3.8, 4) is 5.69 Å². The molecule has 4 nitrogen and oxygen atoms in total. The van der Waals surface area contributed by atoms with Crippen LogP contribution in [0.3, 0.4) is 0 Å². The highest BCUT2D eigenvalue weighted by Gasteiger charge is 2.19. The van der Waals surface area contributed by atoms with Crippen LogP contribution in [0.5, 0.6) is 0 Å². The molecule has 0 aliphatic carbocycles. The first-order chi connectivity index (χ1) is 9.04. The highest BCUT2D eigenvalue weighted by molar-refractivity contribution is 6.30. The molecule has 0 radical (unpaired) electrons. The van der Waals surface area contributed by atoms with E-state index in [1.807, 2.05) is 38.1 Å². The maximum Gasteiger partial charge on any atom is 0.254 e. The molecule has 1 heterocycles. The zero-order valence-electron chi connectivity index (χ0n) is 11.1. The van der Waals surface area contributed by atoms with E-state index in [9.17, 15) is 4.79 Å². The minimum atomic E-state index is -0.128. The third-order valence-electron chi connectivity index (χ3n) is 2.88. The third-order valence-corrected chi connectivity index (χ3v) is 3.11. The van der Waals surface area contributed by atoms with Crippen LogP contribution in [0, 0.1) is 0 Å². The van der Waals surface area contributed by atoms with Crippen molar-refractivity contribution in [1.82, 2.24) is 15.1 Å². The van der Waals surface area contributed by atoms with Crippen molar-refractivity contribution in [3.05, 3.63) is 46.7 Å². The summed E-state index contributed by atoms with van der Waals surface area (Å²) in [6, 6.07) is 7.42. The lowest BCUT2D eigenvalue weighted by molar-refractivity contribution is 0.0961. The van der Waals surface area contributed by atoms with Gasteiger partial charge in [0.15, 0.2) is 0 Å². The number of hydrogen-bond donors (Lipinski definition) is 1. The van der Waals surface area contributed by atoms with Gasteiger partial charge in [-0.25, -0.2) is 4.68 Å². The first kappa shape index (κ1) is 13.6. The van der Waals surface area contributed by atoms with Gasteiger partial charge in [-0.3, -0.25) is 4.79 Å². The molecule has 2 rings (SSSR count). The van der Waals surface area contributed by atoms with Gasteiger partial charge in [-0.05, 0) is 24.1 Å². The second kappa shape index (κ2) is 5.45. The zero-order valence-corrected chi connectivity index (χ0v) is 11.9. The van der Waals surface area contributed by atoms with Gasteiger partial charge >= 0.3 is 0 Å². The summed E-state index contributed by atoms with van der Waals surface area (Å²) in [6.07, 6.45) is 1.59. The number of halogens is 1. The van der Waals surface area contributed by atoms with Crippen molar-refractivity contribution in [2.45, 2.75) is 19.8 Å². The van der Waals surface area contributed by atoms with Crippen molar-refractivity contribution in [3.63, 3.8) is 0 Å². The molecule has 0 atom stereocenters. The van der Waals surface area contributed by atoms with Gasteiger partial charge in [-0.1, -0.05) is 31.5 Å². The van der Waals surface area contributed by atoms with Crippen LogP contribution in [0.2, 0.25) is 5.02 Å². The van der Waals surface area contributed by atoms with Crippen LogP contribution in [-0.4, -0.2) is 22.7 Å². The monoisotopic (exact) mass is 277 g/mol. The summed E-state index contributed by atoms with van der Waals surface area (Å²) in [6.45, 7) is 4.06. The fourth-order valence-corrected chi connectivity index (χ4v) is 2.22. The zero-order chi connectivity index (χ0) is 14.0. The van der Waals surface area contributed by atoms with E-state index >= 15 is 0 Å². The molecule has 0 saturated carbocycles. The van der Waals surface area contributed by atoms with Gasteiger partial charge in [0.05, 0.1) is 23.1 Å². The minimum Gasteiger partial charge on any atom is -0.355 e. The van der Waals surface area contributed by atoms with E-state index in [4.69, 9.17) is 11.6 Å². The summed E-state index contributed by atoms with van der Waals surface area (Å²) in [5.74, 6) is 0.0470. The normalized spacial score (nSPS) is 10.8. The Balaban J connectivity index is 2.58. The lowest BCUT2D eigenvalue weighted by Crippen LogP contribution is -2.20. The first-order valence-corrected chi connectivity index (χ1v) is 6.48. The predicted octanol–water partition coefficient (Wildman–Crippen LogP) is 3.01. The van der Waals surface area contributed by atoms with E-state index < -0.39 is 0 Å². The number of aromatic nitrogens is 2. The van der Waals surface area contributed by atoms with Crippen LogP contribution in [0.15, 0.2) is 30.5 Å². The second-order valence-corrected chi connectivity index (χ2v) is 5.01. The van der Waals surface area contributed by atoms with Gasteiger partial charge in [-0.15, -0.1) is 0 Å². The summed E-state index contributed by atoms with van der Waals surface area (Å²) in [7, 11) is 1.61. The van der Waals surface area contributed by atoms with Gasteiger partial charge in [0.2, 0.25) is 0 Å². The lowest BCUT2D eigenvalue weighted by atomic mass is 10.1. The molecule has 0 unspecified atom stereocenters. The van der Waals surface area contributed by atoms with E-state index in [1.54, 1.807) is 17.9 Å². The Morgan fingerprint density at radius 1 is 1.42 bits per heavy atom. The highest BCUT2D eigenvalue weighted by atomic mass is 35.5. The summed E-state index contributed by atoms with van der Waals surface area (Å²) in [5.41, 5.74) is 2.32. The minimum absolute atomic E-state index is 0.128. The fourth-order valence-electron chi connectivity index (χ4n) is 2.04. The topological polar surface area (TPSA) is 46.9 Å². The second-order valence-electron chi connectivity index (χ2n) is 4.57. The molecule has 0 saturated heterocycles. The number of carbonyl (C=O) groups is 1. The average molecular weight is 278 g/mol. The van der Waals surface area contributed by atoms with Crippen LogP contribution < -0.4 is 5.32 Å². The van der Waals surface area contributed by atoms with E-state index in [-0.39, 0.29) is 11.8 Å². The Kier molecular flexibility index (Phi) is 3.90. The van der Waals surface area contributed by atoms with E-state index in [0.717, 1.165) is 11.4 Å². The molecule has 5 heteroatoms. The molecular formula is C14H16ClN3O. The van der Waals surface area contributed by atoms with Gasteiger partial charge in [0, 0.05) is 12.1 Å². The van der Waals surface area contributed by atoms with E-state index in [0.29, 0.717) is 10.6 Å². The number of carbonyl (C=O) groups excluding carboxylic acids is 1. The molecule has 0 bridgehead atoms. The number of nitrogens with zero attached hydrogens (tertiary/aromatic N) is 2. The fraction of sp³-hybridized carbons (Fsp3) is 0.286. The maximum absolute atomic E-state index is 11.9. The number of benzene rings is 1. The van der Waals surface area contributed by atoms with Crippen molar-refractivity contribution in [2.24, 2.45) is 0 Å². The number of hydrogen-bond acceptors (Lipinski definition) is 2. The van der Waals surface area contributed by atoms with Gasteiger partial charge < -0.3 is 5.32 Å². The summed E-state index contributed by atoms with van der Waals surface area (Å²) < 4.78 is 1.76. The Morgan fingerprint density at radius 2 is 2.16 bits per heavy atom. The quantitative estimate of drug-likeness (QED) is 0.937. The molecule has 1 aromatic carbocycles. The SMILES string of the molecule is CNC(=O)c1cnn(-c2cccc(Cl)c2)c1C(C)C. The Hall–Kier alpha value is -1.81. The van der Waals surface area contributed by atoms with Gasteiger partial charge in [0.25, 0.3) is 5.91 Å². The van der Waals surface area contributed by atoms with Crippen LogP contribution in [-0.2, 0) is 0 Å². The summed E-state index contributed by atoms with van der Waals surface area (Å²) in [5, 5.41) is 7.59. The van der Waals surface area contributed by atoms with E-state index in [1.165, 1.54) is 0 Å². The molecule has 0 aliphatic rings. The Bertz CT molecular complexity index is 604. The molecule has 2 aromatic rings. The molecule has 0 fully saturated rings. The largest absolute Gasteiger partial charge is 0.355 e. The lowest BCUT2D eigenvalue weighted by Gasteiger charge is -2.12. The molecule has 1 amide bonds. The first-order valence-electron chi connectivity index (χ1n) is 6.10. The molecular weight excluding hydrogens is 262 g/mol. The van der Waals surface area contributed by atoms with Crippen LogP contribution >= 0.6 is 11.6 Å². The Morgan fingerprint density at radius 3 is 2.74 bits per heavy atom. The molecule has 0 aliphatic heterocycles. The average Bonchev–Trinajstić information content (AvgIpc) is 2.82. The molecule has 19 heavy (non-hydrogen) atoms. The molecule has 1 N–H and O–H groups in total. The van der Waals surface area contributed by atoms with Crippen molar-refractivity contribution < 1.29 is 4.79 Å². The summed E-state index contributed by atoms with van der Waals surface area (Å²) >= 11 is 6.00. The number of amides is 1. The molecule has 0 spiro atoms. The van der Waals surface area contributed by atoms with Crippen molar-refractivity contribution in [1.29, 1.82) is 0 Å². The molecule has 1 aromatic heterocycles. The number of nitrogens with one attached hydrogen (secondary N) is 1. The summed E-state index contributed by atoms with van der Waals surface area (Å²) in [4.78, 5) is 11.9. The predicted molar refractivity (Wildman–Crippen MR) is 76.1 cm³/mol. The third kappa shape index (κ3) is 2.63.